The number of ether oxygens (including phenoxy) is 8. The molecule has 4 rings (SSSR count). The van der Waals surface area contributed by atoms with Gasteiger partial charge in [0.15, 0.2) is 0 Å². The smallest absolute Gasteiger partial charge is 0.348 e. The van der Waals surface area contributed by atoms with Gasteiger partial charge in [0.05, 0.1) is 0 Å². The van der Waals surface area contributed by atoms with Crippen LogP contribution in [0.5, 0.6) is 0 Å². The van der Waals surface area contributed by atoms with Crippen molar-refractivity contribution in [2.24, 2.45) is 5.92 Å². The Labute approximate surface area is 342 Å². The molecule has 4 heterocycles. The first-order chi connectivity index (χ1) is 28.0. The number of cyclic esters (lactones) is 8. The largest absolute Gasteiger partial charge is 0.419 e. The molecule has 0 radical (unpaired) electrons. The van der Waals surface area contributed by atoms with Crippen molar-refractivity contribution in [1.29, 1.82) is 0 Å². The highest BCUT2D eigenvalue weighted by molar-refractivity contribution is 6.17. The summed E-state index contributed by atoms with van der Waals surface area (Å²) in [4.78, 5) is 102. The minimum absolute atomic E-state index is 0.0635. The van der Waals surface area contributed by atoms with Gasteiger partial charge in [-0.15, -0.1) is 0 Å². The summed E-state index contributed by atoms with van der Waals surface area (Å²) in [5, 5.41) is 0. The highest BCUT2D eigenvalue weighted by Gasteiger charge is 2.48. The topological polar surface area (TPSA) is 210 Å². The highest BCUT2D eigenvalue weighted by atomic mass is 16.8. The van der Waals surface area contributed by atoms with Crippen LogP contribution in [0, 0.1) is 5.92 Å². The van der Waals surface area contributed by atoms with Gasteiger partial charge in [-0.3, -0.25) is 0 Å². The van der Waals surface area contributed by atoms with Gasteiger partial charge in [0.1, 0.15) is 22.3 Å². The fraction of sp³-hybridized carbons (Fsp3) is 0.535. The van der Waals surface area contributed by atoms with Crippen LogP contribution in [-0.2, 0) is 76.3 Å². The second-order valence-corrected chi connectivity index (χ2v) is 14.5. The van der Waals surface area contributed by atoms with E-state index >= 15 is 0 Å². The predicted octanol–water partition coefficient (Wildman–Crippen LogP) is 6.04. The molecule has 0 N–H and O–H groups in total. The Balaban J connectivity index is 1.29. The zero-order valence-corrected chi connectivity index (χ0v) is 34.5. The van der Waals surface area contributed by atoms with Crippen LogP contribution in [-0.4, -0.2) is 70.9 Å². The zero-order chi connectivity index (χ0) is 43.6. The summed E-state index contributed by atoms with van der Waals surface area (Å²) in [5.41, 5.74) is -1.21. The van der Waals surface area contributed by atoms with Gasteiger partial charge >= 0.3 is 47.8 Å². The van der Waals surface area contributed by atoms with Crippen LogP contribution in [0.1, 0.15) is 119 Å². The van der Waals surface area contributed by atoms with Gasteiger partial charge in [0.2, 0.25) is 0 Å². The number of hydrogen-bond acceptors (Lipinski definition) is 16. The summed E-state index contributed by atoms with van der Waals surface area (Å²) in [5.74, 6) is -12.7. The Morgan fingerprint density at radius 3 is 1.03 bits per heavy atom. The number of carbonyl (C=O) groups excluding carboxylic acids is 8. The minimum Gasteiger partial charge on any atom is -0.419 e. The van der Waals surface area contributed by atoms with Gasteiger partial charge in [0.25, 0.3) is 23.1 Å². The molecular weight excluding hydrogens is 772 g/mol. The van der Waals surface area contributed by atoms with Gasteiger partial charge in [0, 0.05) is 51.4 Å². The third kappa shape index (κ3) is 10.6. The van der Waals surface area contributed by atoms with E-state index in [1.165, 1.54) is 48.6 Å². The average Bonchev–Trinajstić information content (AvgIpc) is 3.20. The fourth-order valence-corrected chi connectivity index (χ4v) is 6.64. The Morgan fingerprint density at radius 1 is 0.424 bits per heavy atom. The molecule has 4 saturated heterocycles. The lowest BCUT2D eigenvalue weighted by atomic mass is 9.91. The standard InChI is InChI=1S/C43H52O16/c1-8-40(9-2)52-32(44)28(33(45)53-40)20-16-14-18-22-30-36(48)56-42(12-5,57-37(30)49)25-24-27(7)26-43(13-6)58-38(50)31(39(51)59-43)23-19-15-17-21-29-34(46)54-41(10-3,11-4)55-35(29)47/h14-17,20-23,27H,8-13,18-19,24-26H2,1-7H3/b16-14+,17-15+,30-22?,31-23?. The SMILES string of the molecule is CCC1(CC)OC(=O)C(=C/C=C/CC=C2C(=O)OC(CC)(CCC(C)CC3(CC)OC(=O)C(=CC/C=C/C=C4C(=O)OC(CC)(CC)OC4=O)C(=O)O3)OC2=O)C(=O)O1. The van der Waals surface area contributed by atoms with Crippen molar-refractivity contribution < 1.29 is 76.3 Å². The number of carbonyl (C=O) groups is 8. The van der Waals surface area contributed by atoms with E-state index in [2.05, 4.69) is 0 Å². The molecule has 4 fully saturated rings. The van der Waals surface area contributed by atoms with E-state index in [1.807, 2.05) is 6.92 Å². The summed E-state index contributed by atoms with van der Waals surface area (Å²) in [6.45, 7) is 12.2. The average molecular weight is 825 g/mol. The van der Waals surface area contributed by atoms with Crippen molar-refractivity contribution in [2.45, 2.75) is 142 Å². The number of esters is 8. The van der Waals surface area contributed by atoms with E-state index in [1.54, 1.807) is 41.5 Å². The van der Waals surface area contributed by atoms with E-state index < -0.39 is 70.9 Å². The van der Waals surface area contributed by atoms with Crippen molar-refractivity contribution in [3.05, 3.63) is 70.9 Å². The molecule has 1 atom stereocenters. The molecule has 0 saturated carbocycles. The highest BCUT2D eigenvalue weighted by Crippen LogP contribution is 2.38. The maximum Gasteiger partial charge on any atom is 0.348 e. The van der Waals surface area contributed by atoms with Crippen molar-refractivity contribution in [3.63, 3.8) is 0 Å². The molecule has 4 aliphatic heterocycles. The van der Waals surface area contributed by atoms with Crippen molar-refractivity contribution >= 4 is 47.8 Å². The van der Waals surface area contributed by atoms with Crippen molar-refractivity contribution in [3.8, 4) is 0 Å². The second-order valence-electron chi connectivity index (χ2n) is 14.5. The molecule has 0 spiro atoms. The van der Waals surface area contributed by atoms with Gasteiger partial charge in [-0.2, -0.15) is 0 Å². The van der Waals surface area contributed by atoms with Crippen LogP contribution in [0.3, 0.4) is 0 Å². The molecule has 0 aliphatic carbocycles. The van der Waals surface area contributed by atoms with Gasteiger partial charge in [-0.05, 0) is 37.3 Å². The molecule has 0 amide bonds. The molecular formula is C43H52O16. The van der Waals surface area contributed by atoms with Crippen LogP contribution < -0.4 is 0 Å². The van der Waals surface area contributed by atoms with E-state index in [9.17, 15) is 38.4 Å². The first-order valence-corrected chi connectivity index (χ1v) is 20.0. The van der Waals surface area contributed by atoms with E-state index in [-0.39, 0.29) is 66.7 Å². The van der Waals surface area contributed by atoms with Gasteiger partial charge < -0.3 is 37.9 Å². The third-order valence-corrected chi connectivity index (χ3v) is 10.6. The van der Waals surface area contributed by atoms with Crippen LogP contribution in [0.4, 0.5) is 0 Å². The third-order valence-electron chi connectivity index (χ3n) is 10.6. The molecule has 1 unspecified atom stereocenters. The summed E-state index contributed by atoms with van der Waals surface area (Å²) in [7, 11) is 0. The van der Waals surface area contributed by atoms with Crippen LogP contribution in [0.2, 0.25) is 0 Å². The quantitative estimate of drug-likeness (QED) is 0.0709. The molecule has 0 aromatic rings. The Kier molecular flexibility index (Phi) is 15.0. The fourth-order valence-electron chi connectivity index (χ4n) is 6.64. The van der Waals surface area contributed by atoms with Crippen LogP contribution in [0.15, 0.2) is 70.9 Å². The molecule has 16 nitrogen and oxygen atoms in total. The molecule has 0 bridgehead atoms. The summed E-state index contributed by atoms with van der Waals surface area (Å²) >= 11 is 0. The van der Waals surface area contributed by atoms with Crippen molar-refractivity contribution in [2.75, 3.05) is 0 Å². The van der Waals surface area contributed by atoms with E-state index in [0.717, 1.165) is 0 Å². The lowest BCUT2D eigenvalue weighted by Gasteiger charge is -2.39. The first kappa shape index (κ1) is 45.9. The number of hydrogen-bond donors (Lipinski definition) is 0. The first-order valence-electron chi connectivity index (χ1n) is 20.0. The number of rotatable bonds is 17. The molecule has 4 aliphatic rings. The van der Waals surface area contributed by atoms with Gasteiger partial charge in [-0.25, -0.2) is 38.4 Å². The Bertz CT molecular complexity index is 1810. The van der Waals surface area contributed by atoms with Crippen molar-refractivity contribution in [1.82, 2.24) is 0 Å². The molecule has 320 valence electrons. The maximum absolute atomic E-state index is 13.0. The summed E-state index contributed by atoms with van der Waals surface area (Å²) in [6, 6.07) is 0. The summed E-state index contributed by atoms with van der Waals surface area (Å²) < 4.78 is 43.9. The predicted molar refractivity (Wildman–Crippen MR) is 204 cm³/mol. The van der Waals surface area contributed by atoms with Crippen LogP contribution in [0.25, 0.3) is 0 Å². The van der Waals surface area contributed by atoms with Crippen LogP contribution >= 0.6 is 0 Å². The minimum atomic E-state index is -1.56. The Morgan fingerprint density at radius 2 is 0.712 bits per heavy atom. The molecule has 59 heavy (non-hydrogen) atoms. The second kappa shape index (κ2) is 19.3. The zero-order valence-electron chi connectivity index (χ0n) is 34.5. The van der Waals surface area contributed by atoms with E-state index in [4.69, 9.17) is 37.9 Å². The monoisotopic (exact) mass is 824 g/mol. The van der Waals surface area contributed by atoms with E-state index in [0.29, 0.717) is 32.1 Å². The lowest BCUT2D eigenvalue weighted by molar-refractivity contribution is -0.247. The van der Waals surface area contributed by atoms with Gasteiger partial charge in [-0.1, -0.05) is 84.9 Å². The Hall–Kier alpha value is -5.80. The maximum atomic E-state index is 13.0. The molecule has 16 heteroatoms. The molecule has 0 aromatic carbocycles. The number of allylic oxidation sites excluding steroid dienone is 8. The molecule has 0 aromatic heterocycles. The lowest BCUT2D eigenvalue weighted by Crippen LogP contribution is -2.48. The normalized spacial score (nSPS) is 24.7. The summed E-state index contributed by atoms with van der Waals surface area (Å²) in [6.07, 6.45) is 13.1.